The van der Waals surface area contributed by atoms with Crippen molar-refractivity contribution in [1.29, 1.82) is 0 Å². The Hall–Kier alpha value is -1.83. The number of rotatable bonds is 5. The fourth-order valence-corrected chi connectivity index (χ4v) is 5.05. The van der Waals surface area contributed by atoms with Crippen LogP contribution in [0.4, 0.5) is 0 Å². The molecule has 2 aromatic carbocycles. The summed E-state index contributed by atoms with van der Waals surface area (Å²) in [6, 6.07) is 15.2. The summed E-state index contributed by atoms with van der Waals surface area (Å²) in [6.45, 7) is 0. The Morgan fingerprint density at radius 2 is 1.83 bits per heavy atom. The van der Waals surface area contributed by atoms with Crippen LogP contribution in [0.25, 0.3) is 11.0 Å². The van der Waals surface area contributed by atoms with E-state index in [4.69, 9.17) is 0 Å². The quantitative estimate of drug-likeness (QED) is 0.772. The van der Waals surface area contributed by atoms with E-state index in [1.54, 1.807) is 6.07 Å². The smallest absolute Gasteiger partial charge is 0.212 e. The second-order valence-corrected chi connectivity index (χ2v) is 8.11. The average Bonchev–Trinajstić information content (AvgIpc) is 3.13. The zero-order valence-corrected chi connectivity index (χ0v) is 13.9. The molecule has 0 unspecified atom stereocenters. The van der Waals surface area contributed by atoms with E-state index >= 15 is 0 Å². The van der Waals surface area contributed by atoms with Gasteiger partial charge in [-0.25, -0.2) is 13.1 Å². The number of hydrogen-bond donors (Lipinski definition) is 1. The van der Waals surface area contributed by atoms with Gasteiger partial charge in [0.15, 0.2) is 0 Å². The van der Waals surface area contributed by atoms with Gasteiger partial charge < -0.3 is 0 Å². The highest BCUT2D eigenvalue weighted by Crippen LogP contribution is 2.46. The largest absolute Gasteiger partial charge is 0.216 e. The molecule has 1 aromatic heterocycles. The third-order valence-electron chi connectivity index (χ3n) is 4.14. The van der Waals surface area contributed by atoms with Gasteiger partial charge in [-0.1, -0.05) is 42.5 Å². The van der Waals surface area contributed by atoms with Gasteiger partial charge in [-0.05, 0) is 30.0 Å². The molecule has 7 heteroatoms. The second-order valence-electron chi connectivity index (χ2n) is 5.86. The number of benzene rings is 2. The lowest BCUT2D eigenvalue weighted by Gasteiger charge is -2.18. The normalized spacial score (nSPS) is 16.5. The molecule has 1 heterocycles. The van der Waals surface area contributed by atoms with Gasteiger partial charge in [-0.2, -0.15) is 8.75 Å². The molecule has 23 heavy (non-hydrogen) atoms. The molecule has 118 valence electrons. The molecule has 0 aliphatic heterocycles. The number of hydrogen-bond acceptors (Lipinski definition) is 5. The van der Waals surface area contributed by atoms with Crippen LogP contribution in [-0.4, -0.2) is 17.2 Å². The third-order valence-corrected chi connectivity index (χ3v) is 6.08. The van der Waals surface area contributed by atoms with Crippen molar-refractivity contribution in [3.63, 3.8) is 0 Å². The minimum atomic E-state index is -3.46. The van der Waals surface area contributed by atoms with Crippen molar-refractivity contribution in [2.24, 2.45) is 0 Å². The molecule has 1 aliphatic carbocycles. The zero-order chi connectivity index (χ0) is 15.9. The fourth-order valence-electron chi connectivity index (χ4n) is 2.85. The van der Waals surface area contributed by atoms with E-state index in [0.29, 0.717) is 11.1 Å². The van der Waals surface area contributed by atoms with E-state index in [2.05, 4.69) is 13.5 Å². The molecule has 0 bridgehead atoms. The first-order valence-corrected chi connectivity index (χ1v) is 9.74. The highest BCUT2D eigenvalue weighted by atomic mass is 32.2. The number of nitrogens with zero attached hydrogens (tertiary/aromatic N) is 2. The summed E-state index contributed by atoms with van der Waals surface area (Å²) in [6.07, 6.45) is 1.66. The number of aromatic nitrogens is 2. The Morgan fingerprint density at radius 3 is 2.57 bits per heavy atom. The van der Waals surface area contributed by atoms with Crippen LogP contribution < -0.4 is 4.72 Å². The highest BCUT2D eigenvalue weighted by molar-refractivity contribution is 7.88. The standard InChI is InChI=1S/C16H15N3O2S2/c20-23(21,11-12-5-4-8-14-15(12)18-22-17-14)19-16(9-10-16)13-6-2-1-3-7-13/h1-8,19H,9-11H2. The van der Waals surface area contributed by atoms with Crippen molar-refractivity contribution in [2.45, 2.75) is 24.1 Å². The summed E-state index contributed by atoms with van der Waals surface area (Å²) < 4.78 is 36.5. The van der Waals surface area contributed by atoms with Crippen LogP contribution in [0.15, 0.2) is 48.5 Å². The van der Waals surface area contributed by atoms with Crippen LogP contribution in [0, 0.1) is 0 Å². The minimum absolute atomic E-state index is 0.0790. The van der Waals surface area contributed by atoms with Gasteiger partial charge in [0.1, 0.15) is 11.0 Å². The first-order valence-electron chi connectivity index (χ1n) is 7.35. The average molecular weight is 345 g/mol. The molecule has 0 radical (unpaired) electrons. The molecule has 5 nitrogen and oxygen atoms in total. The van der Waals surface area contributed by atoms with E-state index in [1.807, 2.05) is 42.5 Å². The molecule has 0 saturated heterocycles. The van der Waals surface area contributed by atoms with Crippen molar-refractivity contribution in [3.05, 3.63) is 59.7 Å². The molecule has 4 rings (SSSR count). The van der Waals surface area contributed by atoms with E-state index in [1.165, 1.54) is 0 Å². The summed E-state index contributed by atoms with van der Waals surface area (Å²) >= 11 is 1.10. The molecule has 0 atom stereocenters. The molecule has 1 N–H and O–H groups in total. The Labute approximate surface area is 138 Å². The van der Waals surface area contributed by atoms with Gasteiger partial charge >= 0.3 is 0 Å². The van der Waals surface area contributed by atoms with Crippen LogP contribution in [0.1, 0.15) is 24.0 Å². The molecule has 1 fully saturated rings. The number of sulfonamides is 1. The van der Waals surface area contributed by atoms with Gasteiger partial charge in [-0.15, -0.1) is 0 Å². The molecule has 0 spiro atoms. The Bertz CT molecular complexity index is 948. The van der Waals surface area contributed by atoms with Crippen molar-refractivity contribution < 1.29 is 8.42 Å². The summed E-state index contributed by atoms with van der Waals surface area (Å²) in [4.78, 5) is 0. The molecule has 1 aliphatic rings. The zero-order valence-electron chi connectivity index (χ0n) is 12.3. The van der Waals surface area contributed by atoms with E-state index in [-0.39, 0.29) is 5.75 Å². The summed E-state index contributed by atoms with van der Waals surface area (Å²) in [5, 5.41) is 0. The third kappa shape index (κ3) is 2.87. The van der Waals surface area contributed by atoms with Crippen LogP contribution in [0.2, 0.25) is 0 Å². The lowest BCUT2D eigenvalue weighted by Crippen LogP contribution is -2.35. The van der Waals surface area contributed by atoms with Gasteiger partial charge in [0.2, 0.25) is 10.0 Å². The Kier molecular flexibility index (Phi) is 3.44. The molecule has 3 aromatic rings. The summed E-state index contributed by atoms with van der Waals surface area (Å²) in [7, 11) is -3.46. The minimum Gasteiger partial charge on any atom is -0.212 e. The first kappa shape index (κ1) is 14.7. The SMILES string of the molecule is O=S(=O)(Cc1cccc2nsnc12)NC1(c2ccccc2)CC1. The van der Waals surface area contributed by atoms with E-state index < -0.39 is 15.6 Å². The van der Waals surface area contributed by atoms with Gasteiger partial charge in [0.05, 0.1) is 23.0 Å². The summed E-state index contributed by atoms with van der Waals surface area (Å²) in [5.74, 6) is -0.0790. The lowest BCUT2D eigenvalue weighted by molar-refractivity contribution is 0.551. The Morgan fingerprint density at radius 1 is 1.04 bits per heavy atom. The van der Waals surface area contributed by atoms with Gasteiger partial charge in [0, 0.05) is 0 Å². The van der Waals surface area contributed by atoms with Crippen molar-refractivity contribution >= 4 is 32.8 Å². The second kappa shape index (κ2) is 5.36. The van der Waals surface area contributed by atoms with Crippen LogP contribution in [-0.2, 0) is 21.3 Å². The maximum atomic E-state index is 12.6. The van der Waals surface area contributed by atoms with E-state index in [9.17, 15) is 8.42 Å². The molecule has 1 saturated carbocycles. The predicted octanol–water partition coefficient (Wildman–Crippen LogP) is 2.80. The van der Waals surface area contributed by atoms with Crippen molar-refractivity contribution in [1.82, 2.24) is 13.5 Å². The van der Waals surface area contributed by atoms with Crippen molar-refractivity contribution in [2.75, 3.05) is 0 Å². The monoisotopic (exact) mass is 345 g/mol. The van der Waals surface area contributed by atoms with Crippen LogP contribution in [0.3, 0.4) is 0 Å². The highest BCUT2D eigenvalue weighted by Gasteiger charge is 2.47. The number of nitrogens with one attached hydrogen (secondary N) is 1. The van der Waals surface area contributed by atoms with Crippen LogP contribution >= 0.6 is 11.7 Å². The molecule has 0 amide bonds. The first-order chi connectivity index (χ1) is 11.1. The summed E-state index contributed by atoms with van der Waals surface area (Å²) in [5.41, 5.74) is 2.69. The predicted molar refractivity (Wildman–Crippen MR) is 90.5 cm³/mol. The Balaban J connectivity index is 1.61. The lowest BCUT2D eigenvalue weighted by atomic mass is 10.1. The van der Waals surface area contributed by atoms with Gasteiger partial charge in [-0.3, -0.25) is 0 Å². The fraction of sp³-hybridized carbons (Fsp3) is 0.250. The number of fused-ring (bicyclic) bond motifs is 1. The maximum Gasteiger partial charge on any atom is 0.216 e. The van der Waals surface area contributed by atoms with Crippen molar-refractivity contribution in [3.8, 4) is 0 Å². The van der Waals surface area contributed by atoms with Gasteiger partial charge in [0.25, 0.3) is 0 Å². The van der Waals surface area contributed by atoms with Crippen LogP contribution in [0.5, 0.6) is 0 Å². The maximum absolute atomic E-state index is 12.6. The molecular weight excluding hydrogens is 330 g/mol. The molecular formula is C16H15N3O2S2. The van der Waals surface area contributed by atoms with E-state index in [0.717, 1.165) is 35.6 Å². The topological polar surface area (TPSA) is 72.0 Å².